The maximum atomic E-state index is 11.5. The van der Waals surface area contributed by atoms with E-state index in [0.29, 0.717) is 12.7 Å². The van der Waals surface area contributed by atoms with Crippen LogP contribution in [0.2, 0.25) is 5.82 Å². The van der Waals surface area contributed by atoms with Crippen molar-refractivity contribution in [1.82, 2.24) is 4.90 Å². The highest BCUT2D eigenvalue weighted by Gasteiger charge is 2.39. The first-order valence-electron chi connectivity index (χ1n) is 6.09. The van der Waals surface area contributed by atoms with E-state index >= 15 is 0 Å². The first-order chi connectivity index (χ1) is 8.56. The zero-order valence-corrected chi connectivity index (χ0v) is 10.8. The van der Waals surface area contributed by atoms with Crippen molar-refractivity contribution in [3.8, 4) is 0 Å². The fourth-order valence-corrected chi connectivity index (χ4v) is 1.74. The van der Waals surface area contributed by atoms with Gasteiger partial charge in [0, 0.05) is 0 Å². The van der Waals surface area contributed by atoms with E-state index in [0.717, 1.165) is 12.8 Å². The number of likely N-dealkylation sites (N-methyl/N-ethyl adjacent to an activating group) is 1. The molecule has 1 heterocycles. The highest BCUT2D eigenvalue weighted by Crippen LogP contribution is 2.19. The molecule has 1 saturated heterocycles. The Morgan fingerprint density at radius 1 is 1.33 bits per heavy atom. The van der Waals surface area contributed by atoms with Gasteiger partial charge in [0.25, 0.3) is 0 Å². The van der Waals surface area contributed by atoms with Gasteiger partial charge in [-0.2, -0.15) is 0 Å². The molecule has 18 heavy (non-hydrogen) atoms. The Kier molecular flexibility index (Phi) is 5.84. The lowest BCUT2D eigenvalue weighted by Gasteiger charge is -2.24. The summed E-state index contributed by atoms with van der Waals surface area (Å²) >= 11 is 0. The summed E-state index contributed by atoms with van der Waals surface area (Å²) < 4.78 is 10.1. The van der Waals surface area contributed by atoms with Crippen LogP contribution < -0.4 is 0 Å². The van der Waals surface area contributed by atoms with E-state index in [2.05, 4.69) is 0 Å². The number of carbonyl (C=O) groups is 3. The Labute approximate surface area is 107 Å². The lowest BCUT2D eigenvalue weighted by atomic mass is 9.69. The lowest BCUT2D eigenvalue weighted by molar-refractivity contribution is -0.145. The topological polar surface area (TPSA) is 72.9 Å². The predicted octanol–water partition coefficient (Wildman–Crippen LogP) is 0.266. The smallest absolute Gasteiger partial charge is 0.498 e. The summed E-state index contributed by atoms with van der Waals surface area (Å²) in [5, 5.41) is 0. The van der Waals surface area contributed by atoms with Gasteiger partial charge in [-0.3, -0.25) is 14.5 Å². The van der Waals surface area contributed by atoms with E-state index in [-0.39, 0.29) is 13.1 Å². The molecule has 0 aromatic rings. The molecule has 0 radical (unpaired) electrons. The number of hydrogen-bond acceptors (Lipinski definition) is 6. The number of aldehydes is 1. The van der Waals surface area contributed by atoms with E-state index in [1.807, 2.05) is 6.92 Å². The predicted molar refractivity (Wildman–Crippen MR) is 64.8 cm³/mol. The van der Waals surface area contributed by atoms with Gasteiger partial charge in [0.2, 0.25) is 0 Å². The molecule has 0 amide bonds. The minimum atomic E-state index is -1.08. The molecule has 1 fully saturated rings. The second kappa shape index (κ2) is 7.15. The Balaban J connectivity index is 2.68. The first-order valence-corrected chi connectivity index (χ1v) is 6.09. The largest absolute Gasteiger partial charge is 0.609 e. The molecule has 0 aromatic carbocycles. The van der Waals surface area contributed by atoms with Gasteiger partial charge in [0.1, 0.15) is 6.29 Å². The standard InChI is InChI=1S/C11H18BNO5/c1-3-4-5-9(8-14)12-17-10(15)6-13(2)7-11(16)18-12/h8-9H,3-7H2,1-2H3/t9-/m1/s1. The lowest BCUT2D eigenvalue weighted by Crippen LogP contribution is -2.44. The molecule has 0 bridgehead atoms. The van der Waals surface area contributed by atoms with Gasteiger partial charge in [0.05, 0.1) is 18.9 Å². The molecule has 0 spiro atoms. The number of nitrogens with zero attached hydrogens (tertiary/aromatic N) is 1. The fraction of sp³-hybridized carbons (Fsp3) is 0.727. The van der Waals surface area contributed by atoms with Gasteiger partial charge < -0.3 is 14.1 Å². The summed E-state index contributed by atoms with van der Waals surface area (Å²) in [4.78, 5) is 35.5. The number of hydrogen-bond donors (Lipinski definition) is 0. The average Bonchev–Trinajstić information content (AvgIpc) is 2.27. The van der Waals surface area contributed by atoms with Crippen LogP contribution in [-0.2, 0) is 23.7 Å². The van der Waals surface area contributed by atoms with E-state index in [4.69, 9.17) is 9.31 Å². The molecule has 0 N–H and O–H groups in total. The van der Waals surface area contributed by atoms with Crippen LogP contribution in [-0.4, -0.2) is 50.4 Å². The van der Waals surface area contributed by atoms with Crippen molar-refractivity contribution in [3.05, 3.63) is 0 Å². The number of carbonyl (C=O) groups excluding carboxylic acids is 3. The molecule has 0 aliphatic carbocycles. The maximum Gasteiger partial charge on any atom is 0.609 e. The normalized spacial score (nSPS) is 19.6. The fourth-order valence-electron chi connectivity index (χ4n) is 1.74. The second-order valence-corrected chi connectivity index (χ2v) is 4.46. The zero-order chi connectivity index (χ0) is 13.5. The van der Waals surface area contributed by atoms with Crippen LogP contribution >= 0.6 is 0 Å². The van der Waals surface area contributed by atoms with Gasteiger partial charge in [-0.1, -0.05) is 19.8 Å². The summed E-state index contributed by atoms with van der Waals surface area (Å²) in [7, 11) is 0.541. The molecule has 0 unspecified atom stereocenters. The van der Waals surface area contributed by atoms with Crippen LogP contribution in [0.15, 0.2) is 0 Å². The van der Waals surface area contributed by atoms with Crippen LogP contribution in [0.1, 0.15) is 26.2 Å². The Hall–Kier alpha value is -1.37. The Bertz CT molecular complexity index is 303. The van der Waals surface area contributed by atoms with Crippen LogP contribution in [0.25, 0.3) is 0 Å². The molecular formula is C11H18BNO5. The quantitative estimate of drug-likeness (QED) is 0.518. The molecule has 1 atom stereocenters. The van der Waals surface area contributed by atoms with E-state index in [1.165, 1.54) is 4.90 Å². The van der Waals surface area contributed by atoms with E-state index in [9.17, 15) is 14.4 Å². The van der Waals surface area contributed by atoms with Gasteiger partial charge in [-0.05, 0) is 13.5 Å². The van der Waals surface area contributed by atoms with E-state index < -0.39 is 24.9 Å². The molecule has 0 aromatic heterocycles. The van der Waals surface area contributed by atoms with Crippen molar-refractivity contribution in [2.75, 3.05) is 20.1 Å². The number of unbranched alkanes of at least 4 members (excludes halogenated alkanes) is 1. The molecule has 1 aliphatic rings. The SMILES string of the molecule is CCCC[C@H](C=O)B1OC(=O)CN(C)CC(=O)O1. The molecule has 6 nitrogen and oxygen atoms in total. The maximum absolute atomic E-state index is 11.5. The first kappa shape index (κ1) is 14.7. The molecule has 100 valence electrons. The summed E-state index contributed by atoms with van der Waals surface area (Å²) in [6.07, 6.45) is 2.96. The highest BCUT2D eigenvalue weighted by molar-refractivity contribution is 6.54. The third kappa shape index (κ3) is 4.48. The average molecular weight is 255 g/mol. The minimum absolute atomic E-state index is 0.0188. The molecule has 1 aliphatic heterocycles. The number of rotatable bonds is 5. The zero-order valence-electron chi connectivity index (χ0n) is 10.8. The van der Waals surface area contributed by atoms with Crippen LogP contribution in [0.3, 0.4) is 0 Å². The van der Waals surface area contributed by atoms with Crippen molar-refractivity contribution in [1.29, 1.82) is 0 Å². The molecule has 7 heteroatoms. The van der Waals surface area contributed by atoms with Crippen LogP contribution in [0.4, 0.5) is 0 Å². The van der Waals surface area contributed by atoms with Crippen LogP contribution in [0.5, 0.6) is 0 Å². The van der Waals surface area contributed by atoms with Crippen molar-refractivity contribution in [3.63, 3.8) is 0 Å². The van der Waals surface area contributed by atoms with Crippen molar-refractivity contribution >= 4 is 25.3 Å². The van der Waals surface area contributed by atoms with Crippen molar-refractivity contribution in [2.24, 2.45) is 0 Å². The van der Waals surface area contributed by atoms with Crippen molar-refractivity contribution < 1.29 is 23.7 Å². The molecular weight excluding hydrogens is 237 g/mol. The summed E-state index contributed by atoms with van der Waals surface area (Å²) in [5.41, 5.74) is 0. The van der Waals surface area contributed by atoms with Gasteiger partial charge in [-0.25, -0.2) is 0 Å². The minimum Gasteiger partial charge on any atom is -0.498 e. The third-order valence-electron chi connectivity index (χ3n) is 2.71. The monoisotopic (exact) mass is 255 g/mol. The Morgan fingerprint density at radius 2 is 1.89 bits per heavy atom. The summed E-state index contributed by atoms with van der Waals surface area (Å²) in [6.45, 7) is 2.03. The van der Waals surface area contributed by atoms with Gasteiger partial charge in [-0.15, -0.1) is 0 Å². The highest BCUT2D eigenvalue weighted by atomic mass is 16.6. The van der Waals surface area contributed by atoms with Crippen molar-refractivity contribution in [2.45, 2.75) is 32.0 Å². The Morgan fingerprint density at radius 3 is 2.33 bits per heavy atom. The van der Waals surface area contributed by atoms with E-state index in [1.54, 1.807) is 7.05 Å². The van der Waals surface area contributed by atoms with Gasteiger partial charge >= 0.3 is 19.1 Å². The second-order valence-electron chi connectivity index (χ2n) is 4.46. The molecule has 0 saturated carbocycles. The third-order valence-corrected chi connectivity index (χ3v) is 2.71. The summed E-state index contributed by atoms with van der Waals surface area (Å²) in [5.74, 6) is -1.56. The van der Waals surface area contributed by atoms with Gasteiger partial charge in [0.15, 0.2) is 0 Å². The molecule has 1 rings (SSSR count). The summed E-state index contributed by atoms with van der Waals surface area (Å²) in [6, 6.07) is 0. The van der Waals surface area contributed by atoms with Crippen LogP contribution in [0, 0.1) is 0 Å².